The number of benzene rings is 2. The average Bonchev–Trinajstić information content (AvgIpc) is 2.72. The molecule has 1 aromatic heterocycles. The smallest absolute Gasteiger partial charge is 0.200 e. The van der Waals surface area contributed by atoms with Crippen molar-refractivity contribution in [3.63, 3.8) is 0 Å². The van der Waals surface area contributed by atoms with Gasteiger partial charge in [0.1, 0.15) is 23.3 Å². The second-order valence-corrected chi connectivity index (χ2v) is 7.23. The van der Waals surface area contributed by atoms with Gasteiger partial charge < -0.3 is 19.2 Å². The van der Waals surface area contributed by atoms with Gasteiger partial charge in [-0.1, -0.05) is 12.1 Å². The zero-order valence-electron chi connectivity index (χ0n) is 16.1. The summed E-state index contributed by atoms with van der Waals surface area (Å²) in [5, 5.41) is 10.9. The van der Waals surface area contributed by atoms with E-state index in [0.29, 0.717) is 28.6 Å². The summed E-state index contributed by atoms with van der Waals surface area (Å²) in [7, 11) is 3.71. The Morgan fingerprint density at radius 3 is 2.46 bits per heavy atom. The van der Waals surface area contributed by atoms with Gasteiger partial charge in [-0.3, -0.25) is 9.69 Å². The van der Waals surface area contributed by atoms with E-state index >= 15 is 0 Å². The van der Waals surface area contributed by atoms with Gasteiger partial charge in [-0.25, -0.2) is 0 Å². The molecule has 4 rings (SSSR count). The molecule has 3 aromatic rings. The van der Waals surface area contributed by atoms with E-state index in [1.807, 2.05) is 24.3 Å². The van der Waals surface area contributed by atoms with Crippen LogP contribution >= 0.6 is 0 Å². The summed E-state index contributed by atoms with van der Waals surface area (Å²) >= 11 is 0. The highest BCUT2D eigenvalue weighted by atomic mass is 16.5. The molecule has 1 fully saturated rings. The number of aromatic hydroxyl groups is 1. The van der Waals surface area contributed by atoms with Crippen molar-refractivity contribution in [1.29, 1.82) is 0 Å². The Hall–Kier alpha value is -2.83. The highest BCUT2D eigenvalue weighted by Gasteiger charge is 2.20. The maximum Gasteiger partial charge on any atom is 0.200 e. The number of phenols is 1. The zero-order chi connectivity index (χ0) is 19.7. The standard InChI is InChI=1S/C22H24N2O4/c1-23-9-11-24(12-10-23)13-18-20(25)8-7-17-21(26)19(14-28-22(17)18)15-3-5-16(27-2)6-4-15/h3-8,14,25H,9-13H2,1-2H3. The molecule has 0 bridgehead atoms. The highest BCUT2D eigenvalue weighted by Crippen LogP contribution is 2.29. The molecule has 0 unspecified atom stereocenters. The van der Waals surface area contributed by atoms with E-state index < -0.39 is 0 Å². The molecule has 2 aromatic carbocycles. The topological polar surface area (TPSA) is 66.2 Å². The van der Waals surface area contributed by atoms with Crippen molar-refractivity contribution < 1.29 is 14.3 Å². The second-order valence-electron chi connectivity index (χ2n) is 7.23. The van der Waals surface area contributed by atoms with Gasteiger partial charge in [-0.05, 0) is 36.9 Å². The molecule has 28 heavy (non-hydrogen) atoms. The quantitative estimate of drug-likeness (QED) is 0.751. The molecule has 6 nitrogen and oxygen atoms in total. The van der Waals surface area contributed by atoms with E-state index in [0.717, 1.165) is 37.5 Å². The van der Waals surface area contributed by atoms with Crippen LogP contribution in [0.3, 0.4) is 0 Å². The molecule has 0 radical (unpaired) electrons. The highest BCUT2D eigenvalue weighted by molar-refractivity contribution is 5.85. The van der Waals surface area contributed by atoms with Crippen LogP contribution in [0.25, 0.3) is 22.1 Å². The van der Waals surface area contributed by atoms with Gasteiger partial charge in [0, 0.05) is 32.7 Å². The molecule has 1 aliphatic rings. The van der Waals surface area contributed by atoms with Crippen molar-refractivity contribution in [3.05, 3.63) is 58.4 Å². The Morgan fingerprint density at radius 2 is 1.79 bits per heavy atom. The third-order valence-corrected chi connectivity index (χ3v) is 5.40. The predicted octanol–water partition coefficient (Wildman–Crippen LogP) is 2.92. The van der Waals surface area contributed by atoms with Crippen LogP contribution in [0.15, 0.2) is 51.9 Å². The van der Waals surface area contributed by atoms with Gasteiger partial charge in [0.15, 0.2) is 0 Å². The molecule has 0 saturated carbocycles. The molecule has 0 spiro atoms. The van der Waals surface area contributed by atoms with Gasteiger partial charge >= 0.3 is 0 Å². The van der Waals surface area contributed by atoms with Gasteiger partial charge in [0.25, 0.3) is 0 Å². The van der Waals surface area contributed by atoms with Crippen molar-refractivity contribution >= 4 is 11.0 Å². The SMILES string of the molecule is COc1ccc(-c2coc3c(CN4CCN(C)CC4)c(O)ccc3c2=O)cc1. The molecule has 146 valence electrons. The fourth-order valence-corrected chi connectivity index (χ4v) is 3.60. The average molecular weight is 380 g/mol. The fraction of sp³-hybridized carbons (Fsp3) is 0.318. The molecular formula is C22H24N2O4. The first-order valence-electron chi connectivity index (χ1n) is 9.38. The number of hydrogen-bond donors (Lipinski definition) is 1. The Kier molecular flexibility index (Phi) is 5.07. The number of ether oxygens (including phenoxy) is 1. The van der Waals surface area contributed by atoms with Crippen molar-refractivity contribution in [2.45, 2.75) is 6.54 Å². The third kappa shape index (κ3) is 3.48. The molecular weight excluding hydrogens is 356 g/mol. The number of nitrogens with zero attached hydrogens (tertiary/aromatic N) is 2. The number of hydrogen-bond acceptors (Lipinski definition) is 6. The number of methoxy groups -OCH3 is 1. The summed E-state index contributed by atoms with van der Waals surface area (Å²) in [6, 6.07) is 10.5. The maximum absolute atomic E-state index is 13.1. The van der Waals surface area contributed by atoms with Crippen molar-refractivity contribution in [2.24, 2.45) is 0 Å². The Labute approximate surface area is 163 Å². The van der Waals surface area contributed by atoms with E-state index in [1.54, 1.807) is 19.2 Å². The molecule has 2 heterocycles. The Balaban J connectivity index is 1.73. The zero-order valence-corrected chi connectivity index (χ0v) is 16.1. The molecule has 0 amide bonds. The lowest BCUT2D eigenvalue weighted by Crippen LogP contribution is -2.43. The van der Waals surface area contributed by atoms with E-state index in [-0.39, 0.29) is 11.2 Å². The number of piperazine rings is 1. The summed E-state index contributed by atoms with van der Waals surface area (Å²) in [6.07, 6.45) is 1.49. The van der Waals surface area contributed by atoms with Crippen LogP contribution in [0.2, 0.25) is 0 Å². The number of fused-ring (bicyclic) bond motifs is 1. The summed E-state index contributed by atoms with van der Waals surface area (Å²) in [5.74, 6) is 0.889. The number of rotatable bonds is 4. The molecule has 1 N–H and O–H groups in total. The second kappa shape index (κ2) is 7.66. The lowest BCUT2D eigenvalue weighted by atomic mass is 10.0. The fourth-order valence-electron chi connectivity index (χ4n) is 3.60. The van der Waals surface area contributed by atoms with Crippen molar-refractivity contribution in [3.8, 4) is 22.6 Å². The van der Waals surface area contributed by atoms with E-state index in [9.17, 15) is 9.90 Å². The summed E-state index contributed by atoms with van der Waals surface area (Å²) in [6.45, 7) is 4.36. The van der Waals surface area contributed by atoms with Gasteiger partial charge in [0.05, 0.1) is 23.6 Å². The van der Waals surface area contributed by atoms with Crippen LogP contribution in [0.5, 0.6) is 11.5 Å². The third-order valence-electron chi connectivity index (χ3n) is 5.40. The molecule has 6 heteroatoms. The molecule has 0 atom stereocenters. The van der Waals surface area contributed by atoms with Crippen molar-refractivity contribution in [2.75, 3.05) is 40.3 Å². The first kappa shape index (κ1) is 18.5. The minimum absolute atomic E-state index is 0.106. The van der Waals surface area contributed by atoms with E-state index in [1.165, 1.54) is 6.26 Å². The van der Waals surface area contributed by atoms with Crippen molar-refractivity contribution in [1.82, 2.24) is 9.80 Å². The Morgan fingerprint density at radius 1 is 1.07 bits per heavy atom. The van der Waals surface area contributed by atoms with Gasteiger partial charge in [-0.2, -0.15) is 0 Å². The molecule has 0 aliphatic carbocycles. The maximum atomic E-state index is 13.1. The van der Waals surface area contributed by atoms with Gasteiger partial charge in [-0.15, -0.1) is 0 Å². The lowest BCUT2D eigenvalue weighted by molar-refractivity contribution is 0.147. The van der Waals surface area contributed by atoms with Crippen LogP contribution in [0.4, 0.5) is 0 Å². The minimum atomic E-state index is -0.106. The molecule has 1 saturated heterocycles. The largest absolute Gasteiger partial charge is 0.507 e. The van der Waals surface area contributed by atoms with Gasteiger partial charge in [0.2, 0.25) is 5.43 Å². The van der Waals surface area contributed by atoms with Crippen LogP contribution in [-0.4, -0.2) is 55.2 Å². The molecule has 1 aliphatic heterocycles. The minimum Gasteiger partial charge on any atom is -0.507 e. The lowest BCUT2D eigenvalue weighted by Gasteiger charge is -2.32. The van der Waals surface area contributed by atoms with E-state index in [4.69, 9.17) is 9.15 Å². The normalized spacial score (nSPS) is 15.8. The van der Waals surface area contributed by atoms with Crippen LogP contribution in [0.1, 0.15) is 5.56 Å². The predicted molar refractivity (Wildman–Crippen MR) is 109 cm³/mol. The first-order valence-corrected chi connectivity index (χ1v) is 9.38. The summed E-state index contributed by atoms with van der Waals surface area (Å²) < 4.78 is 11.1. The summed E-state index contributed by atoms with van der Waals surface area (Å²) in [5.41, 5.74) is 2.28. The van der Waals surface area contributed by atoms with Crippen LogP contribution < -0.4 is 10.2 Å². The number of phenolic OH excluding ortho intramolecular Hbond substituents is 1. The first-order chi connectivity index (χ1) is 13.6. The van der Waals surface area contributed by atoms with Crippen LogP contribution in [0, 0.1) is 0 Å². The van der Waals surface area contributed by atoms with Crippen LogP contribution in [-0.2, 0) is 6.54 Å². The number of likely N-dealkylation sites (N-methyl/N-ethyl adjacent to an activating group) is 1. The Bertz CT molecular complexity index is 1030. The van der Waals surface area contributed by atoms with E-state index in [2.05, 4.69) is 16.8 Å². The monoisotopic (exact) mass is 380 g/mol. The summed E-state index contributed by atoms with van der Waals surface area (Å²) in [4.78, 5) is 17.6.